The van der Waals surface area contributed by atoms with E-state index >= 15 is 0 Å². The Morgan fingerprint density at radius 1 is 1.08 bits per heavy atom. The zero-order valence-corrected chi connectivity index (χ0v) is 21.5. The number of aryl methyl sites for hydroxylation is 1. The molecule has 0 unspecified atom stereocenters. The van der Waals surface area contributed by atoms with Gasteiger partial charge in [-0.3, -0.25) is 19.6 Å². The minimum atomic E-state index is -4.55. The molecule has 4 atom stereocenters. The number of halogens is 3. The van der Waals surface area contributed by atoms with E-state index in [2.05, 4.69) is 15.6 Å². The molecule has 2 aromatic rings. The molecule has 1 heterocycles. The fraction of sp³-hybridized carbons (Fsp3) is 0.481. The maximum atomic E-state index is 13.5. The Balaban J connectivity index is 2.28. The lowest BCUT2D eigenvalue weighted by molar-refractivity contribution is -0.178. The van der Waals surface area contributed by atoms with Crippen LogP contribution in [0.3, 0.4) is 0 Å². The van der Waals surface area contributed by atoms with Crippen molar-refractivity contribution >= 4 is 24.0 Å². The summed E-state index contributed by atoms with van der Waals surface area (Å²) in [5.41, 5.74) is 0.974. The Morgan fingerprint density at radius 2 is 1.76 bits per heavy atom. The van der Waals surface area contributed by atoms with Crippen LogP contribution in [0.4, 0.5) is 19.0 Å². The van der Waals surface area contributed by atoms with Crippen molar-refractivity contribution in [2.75, 3.05) is 5.32 Å². The van der Waals surface area contributed by atoms with Crippen LogP contribution in [0.2, 0.25) is 0 Å². The van der Waals surface area contributed by atoms with Gasteiger partial charge >= 0.3 is 6.18 Å². The Morgan fingerprint density at radius 3 is 2.34 bits per heavy atom. The first-order valence-electron chi connectivity index (χ1n) is 12.6. The van der Waals surface area contributed by atoms with Gasteiger partial charge in [-0.15, -0.1) is 0 Å². The monoisotopic (exact) mass is 536 g/mol. The molecule has 2 rings (SSSR count). The average molecular weight is 537 g/mol. The van der Waals surface area contributed by atoms with Gasteiger partial charge in [-0.05, 0) is 49.3 Å². The lowest BCUT2D eigenvalue weighted by Crippen LogP contribution is -2.53. The van der Waals surface area contributed by atoms with Crippen LogP contribution in [0.15, 0.2) is 54.7 Å². The second-order valence-corrected chi connectivity index (χ2v) is 9.27. The third kappa shape index (κ3) is 10.1. The molecule has 3 amide bonds. The van der Waals surface area contributed by atoms with Crippen molar-refractivity contribution in [3.05, 3.63) is 60.3 Å². The third-order valence-corrected chi connectivity index (χ3v) is 6.51. The molecule has 11 heteroatoms. The van der Waals surface area contributed by atoms with Gasteiger partial charge in [0.05, 0.1) is 12.0 Å². The Bertz CT molecular complexity index is 1010. The standard InChI is InChI=1S/C27H35F3N4O4/c1-3-19(2)24(26(37)32-23-14-7-8-17-31-23)33-25(36)21(13-9-12-20-10-5-4-6-11-20)22(34(38)18-35)15-16-27(28,29)30/h4-8,10-11,14,17-19,21-22,24,38H,3,9,12-13,15-16H2,1-2H3,(H,33,36)(H,31,32,37)/t19-,21+,22-,24-/m0/s1. The Labute approximate surface area is 220 Å². The summed E-state index contributed by atoms with van der Waals surface area (Å²) in [6, 6.07) is 11.8. The van der Waals surface area contributed by atoms with Crippen molar-refractivity contribution in [3.8, 4) is 0 Å². The number of pyridine rings is 1. The van der Waals surface area contributed by atoms with Crippen LogP contribution < -0.4 is 10.6 Å². The van der Waals surface area contributed by atoms with E-state index < -0.39 is 48.8 Å². The van der Waals surface area contributed by atoms with Gasteiger partial charge in [0.25, 0.3) is 0 Å². The van der Waals surface area contributed by atoms with Gasteiger partial charge in [0.2, 0.25) is 18.2 Å². The molecule has 208 valence electrons. The van der Waals surface area contributed by atoms with Gasteiger partial charge in [0.1, 0.15) is 11.9 Å². The van der Waals surface area contributed by atoms with E-state index in [0.29, 0.717) is 19.3 Å². The lowest BCUT2D eigenvalue weighted by Gasteiger charge is -2.32. The SMILES string of the molecule is CC[C@H](C)[C@H](NC(=O)[C@H](CCCc1ccccc1)[C@H](CCC(F)(F)F)N(O)C=O)C(=O)Nc1ccccn1. The minimum absolute atomic E-state index is 0.00154. The van der Waals surface area contributed by atoms with E-state index in [1.54, 1.807) is 25.1 Å². The number of alkyl halides is 3. The highest BCUT2D eigenvalue weighted by Gasteiger charge is 2.38. The van der Waals surface area contributed by atoms with Crippen LogP contribution in [0.25, 0.3) is 0 Å². The fourth-order valence-corrected chi connectivity index (χ4v) is 4.18. The van der Waals surface area contributed by atoms with E-state index in [-0.39, 0.29) is 29.6 Å². The van der Waals surface area contributed by atoms with Crippen LogP contribution in [0, 0.1) is 11.8 Å². The summed E-state index contributed by atoms with van der Waals surface area (Å²) in [5.74, 6) is -2.47. The number of amides is 3. The Kier molecular flexibility index (Phi) is 12.2. The highest BCUT2D eigenvalue weighted by molar-refractivity contribution is 5.97. The number of aromatic nitrogens is 1. The molecule has 0 aliphatic carbocycles. The zero-order valence-electron chi connectivity index (χ0n) is 21.5. The van der Waals surface area contributed by atoms with Gasteiger partial charge < -0.3 is 10.6 Å². The normalized spacial score (nSPS) is 14.6. The van der Waals surface area contributed by atoms with Crippen molar-refractivity contribution in [2.45, 2.75) is 70.6 Å². The Hall–Kier alpha value is -3.47. The number of nitrogens with one attached hydrogen (secondary N) is 2. The summed E-state index contributed by atoms with van der Waals surface area (Å²) in [5, 5.41) is 15.6. The van der Waals surface area contributed by atoms with Gasteiger partial charge in [-0.2, -0.15) is 13.2 Å². The lowest BCUT2D eigenvalue weighted by atomic mass is 9.87. The summed E-state index contributed by atoms with van der Waals surface area (Å²) in [4.78, 5) is 42.0. The highest BCUT2D eigenvalue weighted by atomic mass is 19.4. The van der Waals surface area contributed by atoms with Crippen LogP contribution in [0.5, 0.6) is 0 Å². The molecule has 8 nitrogen and oxygen atoms in total. The summed E-state index contributed by atoms with van der Waals surface area (Å²) in [6.07, 6.45) is -3.46. The molecule has 38 heavy (non-hydrogen) atoms. The molecule has 0 spiro atoms. The highest BCUT2D eigenvalue weighted by Crippen LogP contribution is 2.28. The molecule has 0 saturated carbocycles. The van der Waals surface area contributed by atoms with E-state index in [4.69, 9.17) is 0 Å². The second-order valence-electron chi connectivity index (χ2n) is 9.27. The molecule has 3 N–H and O–H groups in total. The predicted molar refractivity (Wildman–Crippen MR) is 136 cm³/mol. The zero-order chi connectivity index (χ0) is 28.1. The fourth-order valence-electron chi connectivity index (χ4n) is 4.18. The molecule has 0 aliphatic heterocycles. The second kappa shape index (κ2) is 15.1. The number of anilines is 1. The van der Waals surface area contributed by atoms with Gasteiger partial charge in [-0.1, -0.05) is 56.7 Å². The molecule has 0 radical (unpaired) electrons. The largest absolute Gasteiger partial charge is 0.389 e. The minimum Gasteiger partial charge on any atom is -0.344 e. The molecule has 0 bridgehead atoms. The molecule has 0 aliphatic rings. The maximum Gasteiger partial charge on any atom is 0.389 e. The number of carbonyl (C=O) groups is 3. The average Bonchev–Trinajstić information content (AvgIpc) is 2.90. The van der Waals surface area contributed by atoms with E-state index in [9.17, 15) is 32.8 Å². The van der Waals surface area contributed by atoms with Crippen LogP contribution in [-0.4, -0.2) is 51.7 Å². The predicted octanol–water partition coefficient (Wildman–Crippen LogP) is 4.75. The number of hydroxylamine groups is 2. The summed E-state index contributed by atoms with van der Waals surface area (Å²) < 4.78 is 39.1. The summed E-state index contributed by atoms with van der Waals surface area (Å²) >= 11 is 0. The molecule has 0 fully saturated rings. The number of benzene rings is 1. The van der Waals surface area contributed by atoms with E-state index in [1.807, 2.05) is 37.3 Å². The van der Waals surface area contributed by atoms with Gasteiger partial charge in [-0.25, -0.2) is 10.0 Å². The van der Waals surface area contributed by atoms with E-state index in [1.165, 1.54) is 6.20 Å². The smallest absolute Gasteiger partial charge is 0.344 e. The number of rotatable bonds is 15. The van der Waals surface area contributed by atoms with Gasteiger partial charge in [0.15, 0.2) is 0 Å². The van der Waals surface area contributed by atoms with Crippen molar-refractivity contribution < 1.29 is 32.8 Å². The first-order chi connectivity index (χ1) is 18.1. The summed E-state index contributed by atoms with van der Waals surface area (Å²) in [6.45, 7) is 3.60. The molecular formula is C27H35F3N4O4. The van der Waals surface area contributed by atoms with Crippen molar-refractivity contribution in [1.29, 1.82) is 0 Å². The van der Waals surface area contributed by atoms with Crippen LogP contribution in [0.1, 0.15) is 51.5 Å². The molecule has 0 saturated heterocycles. The van der Waals surface area contributed by atoms with Crippen molar-refractivity contribution in [3.63, 3.8) is 0 Å². The first-order valence-corrected chi connectivity index (χ1v) is 12.6. The van der Waals surface area contributed by atoms with Gasteiger partial charge in [0, 0.05) is 12.6 Å². The molecule has 1 aromatic carbocycles. The van der Waals surface area contributed by atoms with Crippen LogP contribution in [-0.2, 0) is 20.8 Å². The number of hydrogen-bond acceptors (Lipinski definition) is 5. The molecular weight excluding hydrogens is 501 g/mol. The quantitative estimate of drug-likeness (QED) is 0.173. The summed E-state index contributed by atoms with van der Waals surface area (Å²) in [7, 11) is 0. The third-order valence-electron chi connectivity index (χ3n) is 6.51. The maximum absolute atomic E-state index is 13.5. The van der Waals surface area contributed by atoms with E-state index in [0.717, 1.165) is 5.56 Å². The van der Waals surface area contributed by atoms with Crippen molar-refractivity contribution in [2.24, 2.45) is 11.8 Å². The number of hydrogen-bond donors (Lipinski definition) is 3. The topological polar surface area (TPSA) is 112 Å². The number of carbonyl (C=O) groups excluding carboxylic acids is 3. The molecule has 1 aromatic heterocycles. The number of nitrogens with zero attached hydrogens (tertiary/aromatic N) is 2. The first kappa shape index (κ1) is 30.8. The van der Waals surface area contributed by atoms with Crippen LogP contribution >= 0.6 is 0 Å². The van der Waals surface area contributed by atoms with Crippen molar-refractivity contribution in [1.82, 2.24) is 15.4 Å².